The van der Waals surface area contributed by atoms with Crippen molar-refractivity contribution in [1.82, 2.24) is 0 Å². The fourth-order valence-electron chi connectivity index (χ4n) is 1.72. The summed E-state index contributed by atoms with van der Waals surface area (Å²) < 4.78 is 13.2. The van der Waals surface area contributed by atoms with Gasteiger partial charge in [-0.2, -0.15) is 0 Å². The number of halogens is 4. The Morgan fingerprint density at radius 1 is 1.05 bits per heavy atom. The summed E-state index contributed by atoms with van der Waals surface area (Å²) in [5.74, 6) is -0.216. The summed E-state index contributed by atoms with van der Waals surface area (Å²) in [6.07, 6.45) is 0. The number of hydrogen-bond acceptors (Lipinski definition) is 1. The first-order valence-electron chi connectivity index (χ1n) is 5.61. The molecule has 0 saturated heterocycles. The van der Waals surface area contributed by atoms with Crippen LogP contribution in [0.15, 0.2) is 30.3 Å². The molecule has 2 aromatic carbocycles. The van der Waals surface area contributed by atoms with Crippen LogP contribution in [0.3, 0.4) is 0 Å². The van der Waals surface area contributed by atoms with Gasteiger partial charge in [-0.1, -0.05) is 46.9 Å². The molecule has 0 bridgehead atoms. The molecule has 0 unspecified atom stereocenters. The molecule has 0 aliphatic rings. The van der Waals surface area contributed by atoms with Crippen LogP contribution in [0.5, 0.6) is 0 Å². The van der Waals surface area contributed by atoms with Crippen molar-refractivity contribution < 1.29 is 4.39 Å². The van der Waals surface area contributed by atoms with Crippen LogP contribution >= 0.6 is 34.8 Å². The number of rotatable bonds is 3. The van der Waals surface area contributed by atoms with Crippen LogP contribution in [0.4, 0.5) is 10.1 Å². The first-order valence-corrected chi connectivity index (χ1v) is 6.74. The highest BCUT2D eigenvalue weighted by molar-refractivity contribution is 6.41. The normalized spacial score (nSPS) is 10.6. The lowest BCUT2D eigenvalue weighted by Crippen LogP contribution is -2.01. The Balaban J connectivity index is 2.16. The summed E-state index contributed by atoms with van der Waals surface area (Å²) in [7, 11) is 0. The van der Waals surface area contributed by atoms with Crippen molar-refractivity contribution in [2.75, 3.05) is 5.32 Å². The molecule has 5 heteroatoms. The van der Waals surface area contributed by atoms with E-state index in [1.807, 2.05) is 0 Å². The summed E-state index contributed by atoms with van der Waals surface area (Å²) in [6, 6.07) is 8.17. The predicted octanol–water partition coefficient (Wildman–Crippen LogP) is 5.71. The van der Waals surface area contributed by atoms with Gasteiger partial charge in [0.2, 0.25) is 0 Å². The Morgan fingerprint density at radius 2 is 1.68 bits per heavy atom. The van der Waals surface area contributed by atoms with Gasteiger partial charge in [0.05, 0.1) is 15.7 Å². The summed E-state index contributed by atoms with van der Waals surface area (Å²) in [5.41, 5.74) is 2.17. The number of aryl methyl sites for hydroxylation is 1. The molecule has 2 rings (SSSR count). The van der Waals surface area contributed by atoms with Crippen LogP contribution in [-0.4, -0.2) is 0 Å². The van der Waals surface area contributed by atoms with Crippen molar-refractivity contribution >= 4 is 40.5 Å². The zero-order chi connectivity index (χ0) is 14.0. The highest BCUT2D eigenvalue weighted by Crippen LogP contribution is 2.33. The topological polar surface area (TPSA) is 12.0 Å². The second-order valence-corrected chi connectivity index (χ2v) is 5.43. The minimum Gasteiger partial charge on any atom is -0.379 e. The van der Waals surface area contributed by atoms with Crippen LogP contribution in [0.1, 0.15) is 11.1 Å². The zero-order valence-electron chi connectivity index (χ0n) is 10.1. The van der Waals surface area contributed by atoms with Gasteiger partial charge < -0.3 is 5.32 Å². The van der Waals surface area contributed by atoms with Crippen molar-refractivity contribution in [3.05, 3.63) is 62.3 Å². The van der Waals surface area contributed by atoms with E-state index >= 15 is 0 Å². The van der Waals surface area contributed by atoms with Gasteiger partial charge in [0, 0.05) is 11.6 Å². The van der Waals surface area contributed by atoms with E-state index in [9.17, 15) is 4.39 Å². The highest BCUT2D eigenvalue weighted by Gasteiger charge is 2.07. The molecule has 0 amide bonds. The van der Waals surface area contributed by atoms with Crippen LogP contribution in [0.2, 0.25) is 15.1 Å². The molecule has 1 nitrogen and oxygen atoms in total. The SMILES string of the molecule is Cc1cc(CNc2c(Cl)cc(Cl)cc2Cl)ccc1F. The minimum absolute atomic E-state index is 0.216. The van der Waals surface area contributed by atoms with E-state index in [-0.39, 0.29) is 5.82 Å². The van der Waals surface area contributed by atoms with Crippen LogP contribution in [0, 0.1) is 12.7 Å². The number of nitrogens with one attached hydrogen (secondary N) is 1. The molecule has 0 fully saturated rings. The summed E-state index contributed by atoms with van der Waals surface area (Å²) >= 11 is 18.0. The Morgan fingerprint density at radius 3 is 2.26 bits per heavy atom. The lowest BCUT2D eigenvalue weighted by atomic mass is 10.1. The minimum atomic E-state index is -0.216. The van der Waals surface area contributed by atoms with E-state index < -0.39 is 0 Å². The Hall–Kier alpha value is -0.960. The maximum Gasteiger partial charge on any atom is 0.126 e. The van der Waals surface area contributed by atoms with Gasteiger partial charge in [-0.25, -0.2) is 4.39 Å². The second-order valence-electron chi connectivity index (χ2n) is 4.18. The van der Waals surface area contributed by atoms with Crippen molar-refractivity contribution in [3.63, 3.8) is 0 Å². The molecular formula is C14H11Cl3FN. The van der Waals surface area contributed by atoms with E-state index in [4.69, 9.17) is 34.8 Å². The highest BCUT2D eigenvalue weighted by atomic mass is 35.5. The molecule has 0 aromatic heterocycles. The Bertz CT molecular complexity index is 591. The van der Waals surface area contributed by atoms with Crippen molar-refractivity contribution in [2.45, 2.75) is 13.5 Å². The molecule has 0 aliphatic heterocycles. The maximum absolute atomic E-state index is 13.2. The molecule has 0 spiro atoms. The number of benzene rings is 2. The smallest absolute Gasteiger partial charge is 0.126 e. The molecule has 0 atom stereocenters. The third kappa shape index (κ3) is 3.53. The summed E-state index contributed by atoms with van der Waals surface area (Å²) in [4.78, 5) is 0. The largest absolute Gasteiger partial charge is 0.379 e. The third-order valence-electron chi connectivity index (χ3n) is 2.70. The molecule has 0 heterocycles. The van der Waals surface area contributed by atoms with E-state index in [1.54, 1.807) is 31.2 Å². The number of hydrogen-bond donors (Lipinski definition) is 1. The van der Waals surface area contributed by atoms with E-state index in [0.29, 0.717) is 32.9 Å². The lowest BCUT2D eigenvalue weighted by molar-refractivity contribution is 0.617. The van der Waals surface area contributed by atoms with E-state index in [2.05, 4.69) is 5.32 Å². The first kappa shape index (κ1) is 14.4. The van der Waals surface area contributed by atoms with Crippen LogP contribution in [0.25, 0.3) is 0 Å². The fourth-order valence-corrected chi connectivity index (χ4v) is 2.67. The van der Waals surface area contributed by atoms with E-state index in [0.717, 1.165) is 5.56 Å². The fraction of sp³-hybridized carbons (Fsp3) is 0.143. The van der Waals surface area contributed by atoms with Gasteiger partial charge in [-0.05, 0) is 36.2 Å². The molecule has 0 aliphatic carbocycles. The molecule has 100 valence electrons. The lowest BCUT2D eigenvalue weighted by Gasteiger charge is -2.11. The molecule has 0 saturated carbocycles. The zero-order valence-corrected chi connectivity index (χ0v) is 12.4. The predicted molar refractivity (Wildman–Crippen MR) is 79.9 cm³/mol. The quantitative estimate of drug-likeness (QED) is 0.764. The van der Waals surface area contributed by atoms with Crippen molar-refractivity contribution in [2.24, 2.45) is 0 Å². The molecule has 0 radical (unpaired) electrons. The summed E-state index contributed by atoms with van der Waals surface area (Å²) in [5, 5.41) is 4.52. The second kappa shape index (κ2) is 6.00. The van der Waals surface area contributed by atoms with Crippen LogP contribution in [-0.2, 0) is 6.54 Å². The number of anilines is 1. The van der Waals surface area contributed by atoms with Gasteiger partial charge in [0.1, 0.15) is 5.82 Å². The van der Waals surface area contributed by atoms with Crippen molar-refractivity contribution in [1.29, 1.82) is 0 Å². The molecule has 2 aromatic rings. The van der Waals surface area contributed by atoms with Gasteiger partial charge in [-0.3, -0.25) is 0 Å². The first-order chi connectivity index (χ1) is 8.97. The van der Waals surface area contributed by atoms with Crippen molar-refractivity contribution in [3.8, 4) is 0 Å². The monoisotopic (exact) mass is 317 g/mol. The average Bonchev–Trinajstić information content (AvgIpc) is 2.32. The molecular weight excluding hydrogens is 308 g/mol. The standard InChI is InChI=1S/C14H11Cl3FN/c1-8-4-9(2-3-13(8)18)7-19-14-11(16)5-10(15)6-12(14)17/h2-6,19H,7H2,1H3. The van der Waals surface area contributed by atoms with Crippen LogP contribution < -0.4 is 5.32 Å². The van der Waals surface area contributed by atoms with E-state index in [1.165, 1.54) is 6.07 Å². The average molecular weight is 319 g/mol. The maximum atomic E-state index is 13.2. The molecule has 1 N–H and O–H groups in total. The summed E-state index contributed by atoms with van der Waals surface area (Å²) in [6.45, 7) is 2.23. The van der Waals surface area contributed by atoms with Gasteiger partial charge in [0.15, 0.2) is 0 Å². The van der Waals surface area contributed by atoms with Gasteiger partial charge in [-0.15, -0.1) is 0 Å². The molecule has 19 heavy (non-hydrogen) atoms. The Kier molecular flexibility index (Phi) is 4.56. The van der Waals surface area contributed by atoms with Gasteiger partial charge >= 0.3 is 0 Å². The third-order valence-corrected chi connectivity index (χ3v) is 3.51. The Labute approximate surface area is 126 Å². The van der Waals surface area contributed by atoms with Gasteiger partial charge in [0.25, 0.3) is 0 Å².